The van der Waals surface area contributed by atoms with E-state index in [4.69, 9.17) is 38.9 Å². The number of amidine groups is 1. The number of oxime groups is 1. The topological polar surface area (TPSA) is 67.8 Å². The highest BCUT2D eigenvalue weighted by atomic mass is 35.5. The third kappa shape index (κ3) is 3.35. The molecule has 0 aliphatic carbocycles. The highest BCUT2D eigenvalue weighted by Gasteiger charge is 2.10. The van der Waals surface area contributed by atoms with Crippen molar-refractivity contribution in [2.24, 2.45) is 10.9 Å². The molecule has 0 aliphatic heterocycles. The molecule has 2 rings (SSSR count). The standard InChI is InChI=1S/C14H12Cl2N2O2/c1-8-2-3-12(14(17)18-19)13(4-8)20-11-6-9(15)5-10(16)7-11/h2-7,19H,1H3,(H2,17,18). The van der Waals surface area contributed by atoms with Crippen LogP contribution in [0.3, 0.4) is 0 Å². The third-order valence-electron chi connectivity index (χ3n) is 2.58. The van der Waals surface area contributed by atoms with E-state index in [2.05, 4.69) is 5.16 Å². The van der Waals surface area contributed by atoms with E-state index in [1.165, 1.54) is 0 Å². The average Bonchev–Trinajstić information content (AvgIpc) is 2.37. The van der Waals surface area contributed by atoms with E-state index in [9.17, 15) is 0 Å². The number of aryl methyl sites for hydroxylation is 1. The van der Waals surface area contributed by atoms with Crippen LogP contribution in [-0.4, -0.2) is 11.0 Å². The summed E-state index contributed by atoms with van der Waals surface area (Å²) < 4.78 is 5.73. The summed E-state index contributed by atoms with van der Waals surface area (Å²) in [6.45, 7) is 1.91. The zero-order valence-electron chi connectivity index (χ0n) is 10.6. The number of benzene rings is 2. The Morgan fingerprint density at radius 1 is 1.15 bits per heavy atom. The van der Waals surface area contributed by atoms with Crippen LogP contribution in [0.4, 0.5) is 0 Å². The van der Waals surface area contributed by atoms with Gasteiger partial charge in [0, 0.05) is 10.0 Å². The summed E-state index contributed by atoms with van der Waals surface area (Å²) in [7, 11) is 0. The normalized spacial score (nSPS) is 11.4. The Kier molecular flexibility index (Phi) is 4.37. The van der Waals surface area contributed by atoms with E-state index in [0.717, 1.165) is 5.56 Å². The summed E-state index contributed by atoms with van der Waals surface area (Å²) in [6, 6.07) is 10.2. The molecule has 0 radical (unpaired) electrons. The maximum atomic E-state index is 8.80. The molecule has 0 atom stereocenters. The van der Waals surface area contributed by atoms with Gasteiger partial charge in [0.15, 0.2) is 5.84 Å². The number of nitrogens with two attached hydrogens (primary N) is 1. The van der Waals surface area contributed by atoms with Crippen LogP contribution in [-0.2, 0) is 0 Å². The van der Waals surface area contributed by atoms with Gasteiger partial charge in [-0.2, -0.15) is 0 Å². The summed E-state index contributed by atoms with van der Waals surface area (Å²) in [4.78, 5) is 0. The second-order valence-electron chi connectivity index (χ2n) is 4.19. The molecule has 0 saturated heterocycles. The highest BCUT2D eigenvalue weighted by Crippen LogP contribution is 2.30. The largest absolute Gasteiger partial charge is 0.456 e. The summed E-state index contributed by atoms with van der Waals surface area (Å²) in [5.74, 6) is 0.895. The molecule has 104 valence electrons. The zero-order chi connectivity index (χ0) is 14.7. The van der Waals surface area contributed by atoms with Crippen LogP contribution >= 0.6 is 23.2 Å². The zero-order valence-corrected chi connectivity index (χ0v) is 12.1. The van der Waals surface area contributed by atoms with Crippen LogP contribution in [0, 0.1) is 6.92 Å². The molecular weight excluding hydrogens is 299 g/mol. The van der Waals surface area contributed by atoms with Gasteiger partial charge < -0.3 is 15.7 Å². The van der Waals surface area contributed by atoms with E-state index in [-0.39, 0.29) is 5.84 Å². The van der Waals surface area contributed by atoms with Gasteiger partial charge in [-0.15, -0.1) is 0 Å². The summed E-state index contributed by atoms with van der Waals surface area (Å²) in [5.41, 5.74) is 7.08. The number of hydrogen-bond donors (Lipinski definition) is 2. The van der Waals surface area contributed by atoms with Crippen LogP contribution in [0.2, 0.25) is 10.0 Å². The van der Waals surface area contributed by atoms with Crippen LogP contribution in [0.25, 0.3) is 0 Å². The molecule has 0 aliphatic rings. The molecule has 0 saturated carbocycles. The minimum Gasteiger partial charge on any atom is -0.456 e. The Morgan fingerprint density at radius 2 is 1.80 bits per heavy atom. The lowest BCUT2D eigenvalue weighted by molar-refractivity contribution is 0.318. The van der Waals surface area contributed by atoms with E-state index in [1.54, 1.807) is 30.3 Å². The van der Waals surface area contributed by atoms with Crippen molar-refractivity contribution in [1.82, 2.24) is 0 Å². The fourth-order valence-electron chi connectivity index (χ4n) is 1.69. The quantitative estimate of drug-likeness (QED) is 0.386. The van der Waals surface area contributed by atoms with Crippen LogP contribution in [0.1, 0.15) is 11.1 Å². The van der Waals surface area contributed by atoms with Gasteiger partial charge in [-0.05, 0) is 42.8 Å². The predicted octanol–water partition coefficient (Wildman–Crippen LogP) is 4.19. The Hall–Kier alpha value is -1.91. The van der Waals surface area contributed by atoms with Gasteiger partial charge in [0.2, 0.25) is 0 Å². The smallest absolute Gasteiger partial charge is 0.173 e. The molecule has 0 heterocycles. The molecule has 0 amide bonds. The number of hydrogen-bond acceptors (Lipinski definition) is 3. The van der Waals surface area contributed by atoms with Gasteiger partial charge in [0.1, 0.15) is 11.5 Å². The minimum absolute atomic E-state index is 0.0341. The van der Waals surface area contributed by atoms with Crippen molar-refractivity contribution in [2.45, 2.75) is 6.92 Å². The highest BCUT2D eigenvalue weighted by molar-refractivity contribution is 6.34. The molecule has 6 heteroatoms. The molecule has 0 unspecified atom stereocenters. The number of ether oxygens (including phenoxy) is 1. The molecule has 2 aromatic rings. The van der Waals surface area contributed by atoms with Gasteiger partial charge in [-0.25, -0.2) is 0 Å². The van der Waals surface area contributed by atoms with Gasteiger partial charge in [0.05, 0.1) is 5.56 Å². The van der Waals surface area contributed by atoms with Crippen molar-refractivity contribution in [1.29, 1.82) is 0 Å². The molecule has 20 heavy (non-hydrogen) atoms. The second kappa shape index (κ2) is 6.03. The average molecular weight is 311 g/mol. The monoisotopic (exact) mass is 310 g/mol. The summed E-state index contributed by atoms with van der Waals surface area (Å²) in [5, 5.41) is 12.7. The molecule has 0 fully saturated rings. The van der Waals surface area contributed by atoms with Gasteiger partial charge in [-0.3, -0.25) is 0 Å². The lowest BCUT2D eigenvalue weighted by Gasteiger charge is -2.11. The predicted molar refractivity (Wildman–Crippen MR) is 80.2 cm³/mol. The molecular formula is C14H12Cl2N2O2. The van der Waals surface area contributed by atoms with Gasteiger partial charge in [0.25, 0.3) is 0 Å². The Balaban J connectivity index is 2.44. The first-order valence-corrected chi connectivity index (χ1v) is 6.47. The van der Waals surface area contributed by atoms with Crippen molar-refractivity contribution < 1.29 is 9.94 Å². The summed E-state index contributed by atoms with van der Waals surface area (Å²) in [6.07, 6.45) is 0. The maximum absolute atomic E-state index is 8.80. The SMILES string of the molecule is Cc1ccc(C(N)=NO)c(Oc2cc(Cl)cc(Cl)c2)c1. The van der Waals surface area contributed by atoms with Crippen molar-refractivity contribution in [3.63, 3.8) is 0 Å². The molecule has 0 spiro atoms. The number of nitrogens with zero attached hydrogens (tertiary/aromatic N) is 1. The fourth-order valence-corrected chi connectivity index (χ4v) is 2.20. The first-order chi connectivity index (χ1) is 9.49. The minimum atomic E-state index is -0.0341. The van der Waals surface area contributed by atoms with E-state index in [0.29, 0.717) is 27.1 Å². The number of rotatable bonds is 3. The molecule has 0 aromatic heterocycles. The van der Waals surface area contributed by atoms with Crippen LogP contribution in [0.15, 0.2) is 41.6 Å². The molecule has 0 bridgehead atoms. The van der Waals surface area contributed by atoms with E-state index < -0.39 is 0 Å². The third-order valence-corrected chi connectivity index (χ3v) is 3.02. The lowest BCUT2D eigenvalue weighted by Crippen LogP contribution is -2.14. The molecule has 3 N–H and O–H groups in total. The first kappa shape index (κ1) is 14.5. The van der Waals surface area contributed by atoms with Crippen molar-refractivity contribution in [2.75, 3.05) is 0 Å². The Morgan fingerprint density at radius 3 is 2.40 bits per heavy atom. The Bertz CT molecular complexity index is 652. The maximum Gasteiger partial charge on any atom is 0.173 e. The van der Waals surface area contributed by atoms with E-state index in [1.807, 2.05) is 13.0 Å². The van der Waals surface area contributed by atoms with Crippen molar-refractivity contribution in [3.05, 3.63) is 57.6 Å². The fraction of sp³-hybridized carbons (Fsp3) is 0.0714. The van der Waals surface area contributed by atoms with Crippen LogP contribution < -0.4 is 10.5 Å². The first-order valence-electron chi connectivity index (χ1n) is 5.72. The van der Waals surface area contributed by atoms with E-state index >= 15 is 0 Å². The lowest BCUT2D eigenvalue weighted by atomic mass is 10.1. The molecule has 4 nitrogen and oxygen atoms in total. The molecule has 2 aromatic carbocycles. The summed E-state index contributed by atoms with van der Waals surface area (Å²) >= 11 is 11.8. The number of halogens is 2. The Labute approximate surface area is 126 Å². The van der Waals surface area contributed by atoms with Gasteiger partial charge >= 0.3 is 0 Å². The van der Waals surface area contributed by atoms with Crippen molar-refractivity contribution >= 4 is 29.0 Å². The van der Waals surface area contributed by atoms with Gasteiger partial charge in [-0.1, -0.05) is 34.4 Å². The second-order valence-corrected chi connectivity index (χ2v) is 5.06. The van der Waals surface area contributed by atoms with Crippen molar-refractivity contribution in [3.8, 4) is 11.5 Å². The van der Waals surface area contributed by atoms with Crippen LogP contribution in [0.5, 0.6) is 11.5 Å².